The van der Waals surface area contributed by atoms with E-state index in [1.54, 1.807) is 12.3 Å². The second-order valence-electron chi connectivity index (χ2n) is 4.96. The van der Waals surface area contributed by atoms with Gasteiger partial charge in [-0.05, 0) is 30.2 Å². The van der Waals surface area contributed by atoms with Gasteiger partial charge < -0.3 is 10.5 Å². The molecule has 1 heterocycles. The molecule has 2 aromatic rings. The molecule has 1 aromatic carbocycles. The highest BCUT2D eigenvalue weighted by molar-refractivity contribution is 5.85. The lowest BCUT2D eigenvalue weighted by atomic mass is 10.1. The minimum atomic E-state index is -0.989. The molecular formula is C15H15ClF2N2O. The largest absolute Gasteiger partial charge is 0.494 e. The Labute approximate surface area is 127 Å². The smallest absolute Gasteiger partial charge is 0.200 e. The lowest BCUT2D eigenvalue weighted by Gasteiger charge is -2.07. The van der Waals surface area contributed by atoms with E-state index in [0.717, 1.165) is 18.1 Å². The molecule has 0 radical (unpaired) electrons. The van der Waals surface area contributed by atoms with Crippen molar-refractivity contribution in [1.82, 2.24) is 4.98 Å². The van der Waals surface area contributed by atoms with Crippen LogP contribution < -0.4 is 10.5 Å². The van der Waals surface area contributed by atoms with Crippen molar-refractivity contribution in [3.8, 4) is 17.0 Å². The van der Waals surface area contributed by atoms with Crippen LogP contribution in [-0.4, -0.2) is 18.1 Å². The molecule has 112 valence electrons. The number of halogens is 3. The number of nitrogens with two attached hydrogens (primary N) is 1. The van der Waals surface area contributed by atoms with Crippen LogP contribution in [0.25, 0.3) is 11.3 Å². The number of hydrogen-bond acceptors (Lipinski definition) is 3. The molecule has 3 rings (SSSR count). The van der Waals surface area contributed by atoms with Gasteiger partial charge in [-0.2, -0.15) is 4.39 Å². The van der Waals surface area contributed by atoms with Crippen LogP contribution in [0.4, 0.5) is 8.78 Å². The van der Waals surface area contributed by atoms with Gasteiger partial charge in [0.2, 0.25) is 5.82 Å². The molecule has 0 saturated heterocycles. The van der Waals surface area contributed by atoms with Crippen LogP contribution in [0.2, 0.25) is 0 Å². The van der Waals surface area contributed by atoms with Crippen molar-refractivity contribution in [3.63, 3.8) is 0 Å². The fourth-order valence-corrected chi connectivity index (χ4v) is 2.25. The lowest BCUT2D eigenvalue weighted by Crippen LogP contribution is -2.01. The molecule has 2 unspecified atom stereocenters. The number of hydrogen-bond donors (Lipinski definition) is 1. The summed E-state index contributed by atoms with van der Waals surface area (Å²) in [6, 6.07) is 6.47. The molecule has 21 heavy (non-hydrogen) atoms. The van der Waals surface area contributed by atoms with Crippen LogP contribution in [0, 0.1) is 11.6 Å². The Hall–Kier alpha value is -1.72. The summed E-state index contributed by atoms with van der Waals surface area (Å²) in [7, 11) is 1.30. The SMILES string of the molecule is COc1cc(-c2ccc(C3CC3N)cn2)cc(F)c1F.Cl. The van der Waals surface area contributed by atoms with Crippen LogP contribution in [0.3, 0.4) is 0 Å². The first-order valence-electron chi connectivity index (χ1n) is 6.35. The molecular weight excluding hydrogens is 298 g/mol. The quantitative estimate of drug-likeness (QED) is 0.946. The first-order valence-corrected chi connectivity index (χ1v) is 6.35. The maximum Gasteiger partial charge on any atom is 0.200 e. The van der Waals surface area contributed by atoms with E-state index in [2.05, 4.69) is 4.98 Å². The molecule has 1 aliphatic rings. The van der Waals surface area contributed by atoms with Crippen molar-refractivity contribution < 1.29 is 13.5 Å². The van der Waals surface area contributed by atoms with Gasteiger partial charge in [0.1, 0.15) is 0 Å². The summed E-state index contributed by atoms with van der Waals surface area (Å²) in [6.45, 7) is 0. The van der Waals surface area contributed by atoms with Crippen LogP contribution in [-0.2, 0) is 0 Å². The van der Waals surface area contributed by atoms with Crippen LogP contribution in [0.15, 0.2) is 30.5 Å². The van der Waals surface area contributed by atoms with Gasteiger partial charge >= 0.3 is 0 Å². The summed E-state index contributed by atoms with van der Waals surface area (Å²) in [5, 5.41) is 0. The second kappa shape index (κ2) is 5.95. The highest BCUT2D eigenvalue weighted by Gasteiger charge is 2.34. The summed E-state index contributed by atoms with van der Waals surface area (Å²) < 4.78 is 31.7. The van der Waals surface area contributed by atoms with Crippen molar-refractivity contribution in [3.05, 3.63) is 47.7 Å². The molecule has 3 nitrogen and oxygen atoms in total. The molecule has 0 spiro atoms. The zero-order valence-electron chi connectivity index (χ0n) is 11.3. The van der Waals surface area contributed by atoms with E-state index in [9.17, 15) is 8.78 Å². The number of rotatable bonds is 3. The fourth-order valence-electron chi connectivity index (χ4n) is 2.25. The standard InChI is InChI=1S/C15H14F2N2O.ClH/c1-20-14-5-9(4-11(16)15(14)17)13-3-2-8(7-19-13)10-6-12(10)18;/h2-5,7,10,12H,6,18H2,1H3;1H. The maximum absolute atomic E-state index is 13.5. The first kappa shape index (κ1) is 15.7. The summed E-state index contributed by atoms with van der Waals surface area (Å²) in [4.78, 5) is 4.29. The molecule has 1 saturated carbocycles. The minimum absolute atomic E-state index is 0. The van der Waals surface area contributed by atoms with E-state index in [1.807, 2.05) is 6.07 Å². The number of benzene rings is 1. The fraction of sp³-hybridized carbons (Fsp3) is 0.267. The number of aromatic nitrogens is 1. The molecule has 1 aliphatic carbocycles. The summed E-state index contributed by atoms with van der Waals surface area (Å²) in [5.74, 6) is -1.70. The third kappa shape index (κ3) is 2.99. The average molecular weight is 313 g/mol. The lowest BCUT2D eigenvalue weighted by molar-refractivity contribution is 0.372. The van der Waals surface area contributed by atoms with Gasteiger partial charge in [-0.3, -0.25) is 4.98 Å². The average Bonchev–Trinajstić information content (AvgIpc) is 3.19. The van der Waals surface area contributed by atoms with Crippen LogP contribution in [0.5, 0.6) is 5.75 Å². The third-order valence-corrected chi connectivity index (χ3v) is 3.56. The number of nitrogens with zero attached hydrogens (tertiary/aromatic N) is 1. The number of ether oxygens (including phenoxy) is 1. The van der Waals surface area contributed by atoms with Crippen molar-refractivity contribution in [2.75, 3.05) is 7.11 Å². The molecule has 1 aromatic heterocycles. The summed E-state index contributed by atoms with van der Waals surface area (Å²) in [6.07, 6.45) is 2.71. The van der Waals surface area contributed by atoms with E-state index >= 15 is 0 Å². The maximum atomic E-state index is 13.5. The zero-order chi connectivity index (χ0) is 14.3. The van der Waals surface area contributed by atoms with E-state index in [0.29, 0.717) is 17.2 Å². The predicted molar refractivity (Wildman–Crippen MR) is 78.7 cm³/mol. The van der Waals surface area contributed by atoms with Crippen molar-refractivity contribution in [1.29, 1.82) is 0 Å². The van der Waals surface area contributed by atoms with E-state index in [4.69, 9.17) is 10.5 Å². The van der Waals surface area contributed by atoms with Gasteiger partial charge in [0.15, 0.2) is 11.6 Å². The number of pyridine rings is 1. The van der Waals surface area contributed by atoms with E-state index in [-0.39, 0.29) is 24.2 Å². The van der Waals surface area contributed by atoms with Gasteiger partial charge in [0.25, 0.3) is 0 Å². The monoisotopic (exact) mass is 312 g/mol. The van der Waals surface area contributed by atoms with Crippen molar-refractivity contribution in [2.45, 2.75) is 18.4 Å². The van der Waals surface area contributed by atoms with Gasteiger partial charge in [0.05, 0.1) is 12.8 Å². The minimum Gasteiger partial charge on any atom is -0.494 e. The Balaban J connectivity index is 0.00000161. The van der Waals surface area contributed by atoms with Gasteiger partial charge in [-0.1, -0.05) is 6.07 Å². The highest BCUT2D eigenvalue weighted by Crippen LogP contribution is 2.39. The molecule has 2 N–H and O–H groups in total. The Bertz CT molecular complexity index is 649. The molecule has 1 fully saturated rings. The Morgan fingerprint density at radius 1 is 1.29 bits per heavy atom. The predicted octanol–water partition coefficient (Wildman–Crippen LogP) is 3.27. The molecule has 0 amide bonds. The Morgan fingerprint density at radius 2 is 2.00 bits per heavy atom. The molecule has 0 aliphatic heterocycles. The molecule has 0 bridgehead atoms. The van der Waals surface area contributed by atoms with Crippen LogP contribution >= 0.6 is 12.4 Å². The number of methoxy groups -OCH3 is 1. The van der Waals surface area contributed by atoms with Gasteiger partial charge in [0, 0.05) is 23.7 Å². The Morgan fingerprint density at radius 3 is 2.52 bits per heavy atom. The van der Waals surface area contributed by atoms with E-state index in [1.165, 1.54) is 13.2 Å². The topological polar surface area (TPSA) is 48.1 Å². The summed E-state index contributed by atoms with van der Waals surface area (Å²) in [5.41, 5.74) is 7.91. The normalized spacial score (nSPS) is 19.8. The van der Waals surface area contributed by atoms with E-state index < -0.39 is 11.6 Å². The Kier molecular flexibility index (Phi) is 4.44. The van der Waals surface area contributed by atoms with Gasteiger partial charge in [-0.15, -0.1) is 12.4 Å². The zero-order valence-corrected chi connectivity index (χ0v) is 12.2. The van der Waals surface area contributed by atoms with Crippen molar-refractivity contribution >= 4 is 12.4 Å². The first-order chi connectivity index (χ1) is 9.60. The summed E-state index contributed by atoms with van der Waals surface area (Å²) >= 11 is 0. The molecule has 2 atom stereocenters. The highest BCUT2D eigenvalue weighted by atomic mass is 35.5. The van der Waals surface area contributed by atoms with Gasteiger partial charge in [-0.25, -0.2) is 4.39 Å². The molecule has 6 heteroatoms. The second-order valence-corrected chi connectivity index (χ2v) is 4.96. The van der Waals surface area contributed by atoms with Crippen molar-refractivity contribution in [2.24, 2.45) is 5.73 Å². The third-order valence-electron chi connectivity index (χ3n) is 3.56. The van der Waals surface area contributed by atoms with Crippen LogP contribution in [0.1, 0.15) is 17.9 Å².